The van der Waals surface area contributed by atoms with Gasteiger partial charge in [0.25, 0.3) is 0 Å². The van der Waals surface area contributed by atoms with Crippen molar-refractivity contribution < 1.29 is 4.79 Å². The van der Waals surface area contributed by atoms with E-state index in [-0.39, 0.29) is 18.3 Å². The first-order valence-corrected chi connectivity index (χ1v) is 6.80. The van der Waals surface area contributed by atoms with Gasteiger partial charge < -0.3 is 11.1 Å². The van der Waals surface area contributed by atoms with Crippen LogP contribution in [0.2, 0.25) is 0 Å². The summed E-state index contributed by atoms with van der Waals surface area (Å²) in [5.41, 5.74) is 7.73. The summed E-state index contributed by atoms with van der Waals surface area (Å²) >= 11 is 2.25. The summed E-state index contributed by atoms with van der Waals surface area (Å²) in [6, 6.07) is 5.48. The van der Waals surface area contributed by atoms with Crippen molar-refractivity contribution in [1.82, 2.24) is 0 Å². The van der Waals surface area contributed by atoms with E-state index in [1.54, 1.807) is 0 Å². The summed E-state index contributed by atoms with van der Waals surface area (Å²) < 4.78 is 1.16. The number of nitrogens with one attached hydrogen (secondary N) is 1. The number of aryl methyl sites for hydroxylation is 1. The van der Waals surface area contributed by atoms with Crippen molar-refractivity contribution in [2.24, 2.45) is 11.7 Å². The Bertz CT molecular complexity index is 410. The van der Waals surface area contributed by atoms with E-state index in [1.165, 1.54) is 0 Å². The fourth-order valence-corrected chi connectivity index (χ4v) is 2.25. The minimum Gasteiger partial charge on any atom is -0.324 e. The predicted molar refractivity (Wildman–Crippen MR) is 87.2 cm³/mol. The van der Waals surface area contributed by atoms with Crippen LogP contribution in [-0.2, 0) is 4.79 Å². The monoisotopic (exact) mass is 382 g/mol. The second kappa shape index (κ2) is 7.96. The third-order valence-electron chi connectivity index (χ3n) is 2.51. The maximum atomic E-state index is 11.8. The zero-order chi connectivity index (χ0) is 13.0. The molecule has 1 rings (SSSR count). The molecule has 102 valence electrons. The van der Waals surface area contributed by atoms with Gasteiger partial charge in [0.1, 0.15) is 0 Å². The third kappa shape index (κ3) is 5.54. The van der Waals surface area contributed by atoms with Crippen molar-refractivity contribution in [2.45, 2.75) is 33.2 Å². The summed E-state index contributed by atoms with van der Waals surface area (Å²) in [7, 11) is 0. The molecule has 1 aromatic rings. The van der Waals surface area contributed by atoms with Gasteiger partial charge in [-0.2, -0.15) is 0 Å². The number of amides is 1. The molecule has 1 amide bonds. The van der Waals surface area contributed by atoms with E-state index in [0.29, 0.717) is 12.3 Å². The van der Waals surface area contributed by atoms with Gasteiger partial charge >= 0.3 is 0 Å². The van der Waals surface area contributed by atoms with E-state index >= 15 is 0 Å². The second-order valence-electron chi connectivity index (χ2n) is 4.68. The molecule has 0 aliphatic rings. The Kier molecular flexibility index (Phi) is 7.82. The number of halogens is 2. The topological polar surface area (TPSA) is 55.1 Å². The average Bonchev–Trinajstić information content (AvgIpc) is 2.21. The lowest BCUT2D eigenvalue weighted by atomic mass is 10.0. The van der Waals surface area contributed by atoms with Crippen LogP contribution in [0.15, 0.2) is 18.2 Å². The molecule has 0 radical (unpaired) electrons. The number of carbonyl (C=O) groups excluding carboxylic acids is 1. The lowest BCUT2D eigenvalue weighted by Crippen LogP contribution is -2.36. The van der Waals surface area contributed by atoms with Crippen LogP contribution in [0, 0.1) is 16.4 Å². The summed E-state index contributed by atoms with van der Waals surface area (Å²) in [4.78, 5) is 11.8. The first kappa shape index (κ1) is 17.7. The van der Waals surface area contributed by atoms with Crippen LogP contribution < -0.4 is 11.1 Å². The SMILES string of the molecule is Cc1cc(I)ccc1NC(=O)[C@@H](N)CC(C)C.Cl. The molecule has 3 N–H and O–H groups in total. The van der Waals surface area contributed by atoms with Crippen molar-refractivity contribution in [3.63, 3.8) is 0 Å². The zero-order valence-corrected chi connectivity index (χ0v) is 13.8. The highest BCUT2D eigenvalue weighted by molar-refractivity contribution is 14.1. The number of rotatable bonds is 4. The van der Waals surface area contributed by atoms with Crippen molar-refractivity contribution in [3.05, 3.63) is 27.3 Å². The van der Waals surface area contributed by atoms with E-state index in [0.717, 1.165) is 14.8 Å². The molecule has 3 nitrogen and oxygen atoms in total. The van der Waals surface area contributed by atoms with Crippen molar-refractivity contribution in [2.75, 3.05) is 5.32 Å². The number of benzene rings is 1. The Morgan fingerprint density at radius 1 is 1.44 bits per heavy atom. The summed E-state index contributed by atoms with van der Waals surface area (Å²) in [6.45, 7) is 6.10. The number of carbonyl (C=O) groups is 1. The van der Waals surface area contributed by atoms with E-state index in [9.17, 15) is 4.79 Å². The highest BCUT2D eigenvalue weighted by atomic mass is 127. The smallest absolute Gasteiger partial charge is 0.241 e. The number of anilines is 1. The van der Waals surface area contributed by atoms with Gasteiger partial charge in [-0.25, -0.2) is 0 Å². The van der Waals surface area contributed by atoms with Gasteiger partial charge in [0.2, 0.25) is 5.91 Å². The molecule has 0 bridgehead atoms. The summed E-state index contributed by atoms with van der Waals surface area (Å²) in [5, 5.41) is 2.88. The van der Waals surface area contributed by atoms with Gasteiger partial charge in [-0.15, -0.1) is 12.4 Å². The molecule has 0 unspecified atom stereocenters. The number of hydrogen-bond acceptors (Lipinski definition) is 2. The third-order valence-corrected chi connectivity index (χ3v) is 3.18. The largest absolute Gasteiger partial charge is 0.324 e. The Hall–Kier alpha value is -0.330. The number of hydrogen-bond donors (Lipinski definition) is 2. The first-order chi connectivity index (χ1) is 7.90. The van der Waals surface area contributed by atoms with E-state index in [2.05, 4.69) is 41.8 Å². The van der Waals surface area contributed by atoms with Crippen LogP contribution >= 0.6 is 35.0 Å². The number of nitrogens with two attached hydrogens (primary N) is 1. The van der Waals surface area contributed by atoms with E-state index in [1.807, 2.05) is 25.1 Å². The standard InChI is InChI=1S/C13H19IN2O.ClH/c1-8(2)6-11(15)13(17)16-12-5-4-10(14)7-9(12)3;/h4-5,7-8,11H,6,15H2,1-3H3,(H,16,17);1H/t11-;/m0./s1. The molecule has 0 aliphatic heterocycles. The molecule has 0 aromatic heterocycles. The molecule has 1 aromatic carbocycles. The quantitative estimate of drug-likeness (QED) is 0.785. The van der Waals surface area contributed by atoms with Gasteiger partial charge in [-0.1, -0.05) is 13.8 Å². The summed E-state index contributed by atoms with van der Waals surface area (Å²) in [6.07, 6.45) is 0.704. The second-order valence-corrected chi connectivity index (χ2v) is 5.93. The lowest BCUT2D eigenvalue weighted by molar-refractivity contribution is -0.117. The van der Waals surface area contributed by atoms with Crippen LogP contribution in [0.1, 0.15) is 25.8 Å². The first-order valence-electron chi connectivity index (χ1n) is 5.72. The highest BCUT2D eigenvalue weighted by Gasteiger charge is 2.15. The van der Waals surface area contributed by atoms with Crippen molar-refractivity contribution >= 4 is 46.6 Å². The Labute approximate surface area is 128 Å². The normalized spacial score (nSPS) is 11.9. The van der Waals surface area contributed by atoms with Crippen LogP contribution in [0.5, 0.6) is 0 Å². The fourth-order valence-electron chi connectivity index (χ4n) is 1.61. The average molecular weight is 383 g/mol. The summed E-state index contributed by atoms with van der Waals surface area (Å²) in [5.74, 6) is 0.316. The molecule has 0 aliphatic carbocycles. The van der Waals surface area contributed by atoms with Gasteiger partial charge in [0.15, 0.2) is 0 Å². The van der Waals surface area contributed by atoms with E-state index in [4.69, 9.17) is 5.73 Å². The van der Waals surface area contributed by atoms with E-state index < -0.39 is 6.04 Å². The molecule has 0 heterocycles. The molecule has 0 spiro atoms. The maximum absolute atomic E-state index is 11.8. The van der Waals surface area contributed by atoms with Crippen LogP contribution in [0.25, 0.3) is 0 Å². The fraction of sp³-hybridized carbons (Fsp3) is 0.462. The molecule has 1 atom stereocenters. The highest BCUT2D eigenvalue weighted by Crippen LogP contribution is 2.18. The van der Waals surface area contributed by atoms with Gasteiger partial charge in [0, 0.05) is 9.26 Å². The Balaban J connectivity index is 0.00000289. The van der Waals surface area contributed by atoms with Crippen LogP contribution in [-0.4, -0.2) is 11.9 Å². The van der Waals surface area contributed by atoms with Crippen LogP contribution in [0.3, 0.4) is 0 Å². The molecular weight excluding hydrogens is 363 g/mol. The Morgan fingerprint density at radius 2 is 2.06 bits per heavy atom. The lowest BCUT2D eigenvalue weighted by Gasteiger charge is -2.15. The zero-order valence-electron chi connectivity index (χ0n) is 10.9. The molecular formula is C13H20ClIN2O. The molecule has 18 heavy (non-hydrogen) atoms. The minimum atomic E-state index is -0.436. The van der Waals surface area contributed by atoms with Crippen molar-refractivity contribution in [3.8, 4) is 0 Å². The molecule has 0 saturated heterocycles. The minimum absolute atomic E-state index is 0. The van der Waals surface area contributed by atoms with Crippen LogP contribution in [0.4, 0.5) is 5.69 Å². The molecule has 0 saturated carbocycles. The molecule has 5 heteroatoms. The Morgan fingerprint density at radius 3 is 2.56 bits per heavy atom. The van der Waals surface area contributed by atoms with Gasteiger partial charge in [0.05, 0.1) is 6.04 Å². The van der Waals surface area contributed by atoms with Crippen molar-refractivity contribution in [1.29, 1.82) is 0 Å². The van der Waals surface area contributed by atoms with Gasteiger partial charge in [-0.05, 0) is 65.6 Å². The maximum Gasteiger partial charge on any atom is 0.241 e. The predicted octanol–water partition coefficient (Wildman–Crippen LogP) is 3.33. The molecule has 0 fully saturated rings. The van der Waals surface area contributed by atoms with Gasteiger partial charge in [-0.3, -0.25) is 4.79 Å².